The van der Waals surface area contributed by atoms with Gasteiger partial charge in [-0.15, -0.1) is 0 Å². The van der Waals surface area contributed by atoms with Gasteiger partial charge in [0.15, 0.2) is 0 Å². The number of hydrogen-bond acceptors (Lipinski definition) is 3. The molecule has 4 heteroatoms. The summed E-state index contributed by atoms with van der Waals surface area (Å²) in [6, 6.07) is 0.411. The van der Waals surface area contributed by atoms with E-state index in [0.29, 0.717) is 12.1 Å². The fourth-order valence-corrected chi connectivity index (χ4v) is 2.64. The van der Waals surface area contributed by atoms with Crippen LogP contribution < -0.4 is 5.32 Å². The maximum absolute atomic E-state index is 5.80. The molecule has 1 fully saturated rings. The first-order valence-electron chi connectivity index (χ1n) is 7.13. The number of nitrogens with zero attached hydrogens (tertiary/aromatic N) is 2. The van der Waals surface area contributed by atoms with Crippen LogP contribution in [0.1, 0.15) is 50.6 Å². The number of aromatic nitrogens is 2. The first-order valence-corrected chi connectivity index (χ1v) is 7.13. The first-order chi connectivity index (χ1) is 8.79. The lowest BCUT2D eigenvalue weighted by atomic mass is 9.99. The maximum atomic E-state index is 5.80. The van der Waals surface area contributed by atoms with Crippen molar-refractivity contribution in [1.29, 1.82) is 0 Å². The molecule has 0 aliphatic carbocycles. The summed E-state index contributed by atoms with van der Waals surface area (Å²) >= 11 is 0. The average Bonchev–Trinajstić information content (AvgIpc) is 2.82. The molecular weight excluding hydrogens is 226 g/mol. The summed E-state index contributed by atoms with van der Waals surface area (Å²) in [5.41, 5.74) is 1.29. The van der Waals surface area contributed by atoms with E-state index in [9.17, 15) is 0 Å². The average molecular weight is 251 g/mol. The van der Waals surface area contributed by atoms with Gasteiger partial charge >= 0.3 is 0 Å². The Labute approximate surface area is 110 Å². The van der Waals surface area contributed by atoms with Crippen molar-refractivity contribution in [3.8, 4) is 0 Å². The summed E-state index contributed by atoms with van der Waals surface area (Å²) in [7, 11) is 1.97. The van der Waals surface area contributed by atoms with Crippen molar-refractivity contribution >= 4 is 0 Å². The van der Waals surface area contributed by atoms with Crippen LogP contribution in [0.15, 0.2) is 12.4 Å². The summed E-state index contributed by atoms with van der Waals surface area (Å²) in [6.07, 6.45) is 10.6. The molecule has 2 rings (SSSR count). The molecular formula is C14H25N3O. The Morgan fingerprint density at radius 3 is 3.06 bits per heavy atom. The molecule has 0 aromatic carbocycles. The van der Waals surface area contributed by atoms with Gasteiger partial charge in [0.05, 0.1) is 12.3 Å². The minimum Gasteiger partial charge on any atom is -0.378 e. The molecule has 2 atom stereocenters. The van der Waals surface area contributed by atoms with E-state index in [1.807, 2.05) is 17.9 Å². The monoisotopic (exact) mass is 251 g/mol. The Balaban J connectivity index is 1.85. The largest absolute Gasteiger partial charge is 0.378 e. The zero-order valence-corrected chi connectivity index (χ0v) is 11.6. The van der Waals surface area contributed by atoms with Gasteiger partial charge in [-0.1, -0.05) is 6.92 Å². The van der Waals surface area contributed by atoms with Crippen LogP contribution in [0.2, 0.25) is 0 Å². The zero-order chi connectivity index (χ0) is 12.8. The highest BCUT2D eigenvalue weighted by Crippen LogP contribution is 2.23. The summed E-state index contributed by atoms with van der Waals surface area (Å²) in [5, 5.41) is 7.80. The van der Waals surface area contributed by atoms with Crippen molar-refractivity contribution in [1.82, 2.24) is 15.1 Å². The third-order valence-corrected chi connectivity index (χ3v) is 3.63. The molecule has 102 valence electrons. The van der Waals surface area contributed by atoms with Gasteiger partial charge < -0.3 is 10.1 Å². The van der Waals surface area contributed by atoms with Crippen LogP contribution >= 0.6 is 0 Å². The van der Waals surface area contributed by atoms with Crippen molar-refractivity contribution in [3.63, 3.8) is 0 Å². The van der Waals surface area contributed by atoms with E-state index in [1.165, 1.54) is 24.8 Å². The second-order valence-electron chi connectivity index (χ2n) is 5.12. The molecule has 4 nitrogen and oxygen atoms in total. The summed E-state index contributed by atoms with van der Waals surface area (Å²) in [6.45, 7) is 4.09. The molecule has 2 unspecified atom stereocenters. The van der Waals surface area contributed by atoms with Crippen LogP contribution in [0.3, 0.4) is 0 Å². The molecule has 1 saturated heterocycles. The zero-order valence-electron chi connectivity index (χ0n) is 11.6. The molecule has 0 bridgehead atoms. The minimum absolute atomic E-state index is 0.411. The SMILES string of the molecule is CCNC(CCC1CCCCO1)c1cnn(C)c1. The van der Waals surface area contributed by atoms with Crippen LogP contribution in [0.5, 0.6) is 0 Å². The quantitative estimate of drug-likeness (QED) is 0.844. The summed E-state index contributed by atoms with van der Waals surface area (Å²) in [5.74, 6) is 0. The van der Waals surface area contributed by atoms with E-state index in [-0.39, 0.29) is 0 Å². The van der Waals surface area contributed by atoms with Crippen LogP contribution in [0.25, 0.3) is 0 Å². The van der Waals surface area contributed by atoms with Gasteiger partial charge in [-0.25, -0.2) is 0 Å². The number of ether oxygens (including phenoxy) is 1. The first kappa shape index (κ1) is 13.6. The van der Waals surface area contributed by atoms with Crippen molar-refractivity contribution in [2.45, 2.75) is 51.2 Å². The van der Waals surface area contributed by atoms with E-state index < -0.39 is 0 Å². The molecule has 1 aliphatic rings. The van der Waals surface area contributed by atoms with E-state index in [0.717, 1.165) is 26.0 Å². The molecule has 1 aliphatic heterocycles. The number of hydrogen-bond donors (Lipinski definition) is 1. The Kier molecular flexibility index (Phi) is 5.20. The third kappa shape index (κ3) is 3.82. The van der Waals surface area contributed by atoms with Crippen LogP contribution in [0.4, 0.5) is 0 Å². The van der Waals surface area contributed by atoms with Gasteiger partial charge in [0.25, 0.3) is 0 Å². The molecule has 18 heavy (non-hydrogen) atoms. The van der Waals surface area contributed by atoms with Crippen molar-refractivity contribution in [2.24, 2.45) is 7.05 Å². The molecule has 1 aromatic rings. The molecule has 0 radical (unpaired) electrons. The Morgan fingerprint density at radius 1 is 1.56 bits per heavy atom. The second-order valence-corrected chi connectivity index (χ2v) is 5.12. The van der Waals surface area contributed by atoms with Crippen LogP contribution in [-0.2, 0) is 11.8 Å². The summed E-state index contributed by atoms with van der Waals surface area (Å²) < 4.78 is 7.67. The Hall–Kier alpha value is -0.870. The second kappa shape index (κ2) is 6.90. The highest BCUT2D eigenvalue weighted by Gasteiger charge is 2.18. The number of aryl methyl sites for hydroxylation is 1. The molecule has 0 saturated carbocycles. The van der Waals surface area contributed by atoms with Gasteiger partial charge in [0.1, 0.15) is 0 Å². The van der Waals surface area contributed by atoms with Crippen molar-refractivity contribution in [2.75, 3.05) is 13.2 Å². The lowest BCUT2D eigenvalue weighted by Crippen LogP contribution is -2.24. The fourth-order valence-electron chi connectivity index (χ4n) is 2.64. The lowest BCUT2D eigenvalue weighted by molar-refractivity contribution is 0.00856. The predicted octanol–water partition coefficient (Wildman–Crippen LogP) is 2.42. The fraction of sp³-hybridized carbons (Fsp3) is 0.786. The smallest absolute Gasteiger partial charge is 0.0575 e. The Morgan fingerprint density at radius 2 is 2.44 bits per heavy atom. The van der Waals surface area contributed by atoms with E-state index in [2.05, 4.69) is 23.5 Å². The minimum atomic E-state index is 0.411. The normalized spacial score (nSPS) is 22.0. The molecule has 1 aromatic heterocycles. The van der Waals surface area contributed by atoms with Gasteiger partial charge in [-0.2, -0.15) is 5.10 Å². The van der Waals surface area contributed by atoms with Crippen LogP contribution in [0, 0.1) is 0 Å². The van der Waals surface area contributed by atoms with E-state index in [1.54, 1.807) is 0 Å². The van der Waals surface area contributed by atoms with E-state index >= 15 is 0 Å². The predicted molar refractivity (Wildman–Crippen MR) is 72.5 cm³/mol. The molecule has 0 spiro atoms. The van der Waals surface area contributed by atoms with Gasteiger partial charge in [0, 0.05) is 31.5 Å². The standard InChI is InChI=1S/C14H25N3O/c1-3-15-14(12-10-16-17(2)11-12)8-7-13-6-4-5-9-18-13/h10-11,13-15H,3-9H2,1-2H3. The number of rotatable bonds is 6. The van der Waals surface area contributed by atoms with E-state index in [4.69, 9.17) is 4.74 Å². The van der Waals surface area contributed by atoms with Crippen molar-refractivity contribution in [3.05, 3.63) is 18.0 Å². The number of nitrogens with one attached hydrogen (secondary N) is 1. The highest BCUT2D eigenvalue weighted by molar-refractivity contribution is 5.10. The third-order valence-electron chi connectivity index (χ3n) is 3.63. The van der Waals surface area contributed by atoms with Gasteiger partial charge in [-0.3, -0.25) is 4.68 Å². The Bertz CT molecular complexity index is 345. The summed E-state index contributed by atoms with van der Waals surface area (Å²) in [4.78, 5) is 0. The van der Waals surface area contributed by atoms with Gasteiger partial charge in [-0.05, 0) is 38.6 Å². The van der Waals surface area contributed by atoms with Gasteiger partial charge in [0.2, 0.25) is 0 Å². The van der Waals surface area contributed by atoms with Crippen LogP contribution in [-0.4, -0.2) is 29.0 Å². The highest BCUT2D eigenvalue weighted by atomic mass is 16.5. The lowest BCUT2D eigenvalue weighted by Gasteiger charge is -2.25. The van der Waals surface area contributed by atoms with Crippen molar-refractivity contribution < 1.29 is 4.74 Å². The maximum Gasteiger partial charge on any atom is 0.0575 e. The molecule has 1 N–H and O–H groups in total. The molecule has 2 heterocycles. The molecule has 0 amide bonds. The topological polar surface area (TPSA) is 39.1 Å².